The Morgan fingerprint density at radius 3 is 2.64 bits per heavy atom. The van der Waals surface area contributed by atoms with Gasteiger partial charge in [-0.25, -0.2) is 4.39 Å². The number of nitrogens with zero attached hydrogens (tertiary/aromatic N) is 1. The quantitative estimate of drug-likeness (QED) is 0.678. The average molecular weight is 355 g/mol. The van der Waals surface area contributed by atoms with Gasteiger partial charge < -0.3 is 15.4 Å². The van der Waals surface area contributed by atoms with Gasteiger partial charge in [-0.15, -0.1) is 0 Å². The van der Waals surface area contributed by atoms with Gasteiger partial charge >= 0.3 is 0 Å². The molecule has 0 amide bonds. The highest BCUT2D eigenvalue weighted by Gasteiger charge is 2.11. The van der Waals surface area contributed by atoms with Crippen LogP contribution in [0.2, 0.25) is 0 Å². The monoisotopic (exact) mass is 355 g/mol. The molecule has 0 saturated heterocycles. The maximum Gasteiger partial charge on any atom is 0.171 e. The number of pyridine rings is 1. The molecule has 0 saturated carbocycles. The summed E-state index contributed by atoms with van der Waals surface area (Å²) in [5.74, 6) is 0.452. The van der Waals surface area contributed by atoms with Gasteiger partial charge in [-0.05, 0) is 61.1 Å². The molecule has 0 aliphatic carbocycles. The molecule has 0 bridgehead atoms. The number of ether oxygens (including phenoxy) is 1. The van der Waals surface area contributed by atoms with E-state index < -0.39 is 0 Å². The molecule has 1 aromatic heterocycles. The van der Waals surface area contributed by atoms with Crippen LogP contribution in [0.3, 0.4) is 0 Å². The number of methoxy groups -OCH3 is 1. The van der Waals surface area contributed by atoms with E-state index in [-0.39, 0.29) is 11.9 Å². The molecule has 3 aromatic rings. The maximum atomic E-state index is 13.0. The molecule has 0 aliphatic rings. The third-order valence-corrected chi connectivity index (χ3v) is 4.14. The largest absolute Gasteiger partial charge is 0.494 e. The predicted molar refractivity (Wildman–Crippen MR) is 102 cm³/mol. The summed E-state index contributed by atoms with van der Waals surface area (Å²) in [6.07, 6.45) is 1.72. The van der Waals surface area contributed by atoms with Gasteiger partial charge in [0, 0.05) is 17.3 Å². The zero-order valence-electron chi connectivity index (χ0n) is 13.9. The van der Waals surface area contributed by atoms with Gasteiger partial charge in [-0.2, -0.15) is 0 Å². The van der Waals surface area contributed by atoms with Gasteiger partial charge in [0.15, 0.2) is 5.11 Å². The standard InChI is InChI=1S/C19H18FN3OS/c1-12(13-5-7-14(20)8-6-13)22-19(25)23-16-9-10-17(24-2)18-15(16)4-3-11-21-18/h3-12H,1-2H3,(H2,22,23,25). The number of aromatic nitrogens is 1. The fraction of sp³-hybridized carbons (Fsp3) is 0.158. The summed E-state index contributed by atoms with van der Waals surface area (Å²) >= 11 is 5.41. The summed E-state index contributed by atoms with van der Waals surface area (Å²) in [5.41, 5.74) is 2.56. The number of thiocarbonyl (C=S) groups is 1. The Hall–Kier alpha value is -2.73. The van der Waals surface area contributed by atoms with E-state index >= 15 is 0 Å². The number of anilines is 1. The molecule has 0 spiro atoms. The van der Waals surface area contributed by atoms with E-state index in [2.05, 4.69) is 15.6 Å². The summed E-state index contributed by atoms with van der Waals surface area (Å²) in [5, 5.41) is 7.80. The normalized spacial score (nSPS) is 11.8. The third-order valence-electron chi connectivity index (χ3n) is 3.92. The number of hydrogen-bond acceptors (Lipinski definition) is 3. The van der Waals surface area contributed by atoms with Gasteiger partial charge in [0.05, 0.1) is 13.2 Å². The lowest BCUT2D eigenvalue weighted by Gasteiger charge is -2.18. The van der Waals surface area contributed by atoms with Crippen LogP contribution < -0.4 is 15.4 Å². The molecule has 2 N–H and O–H groups in total. The lowest BCUT2D eigenvalue weighted by Crippen LogP contribution is -2.31. The number of nitrogens with one attached hydrogen (secondary N) is 2. The van der Waals surface area contributed by atoms with E-state index in [0.29, 0.717) is 10.9 Å². The summed E-state index contributed by atoms with van der Waals surface area (Å²) in [6, 6.07) is 13.9. The number of fused-ring (bicyclic) bond motifs is 1. The Morgan fingerprint density at radius 1 is 1.16 bits per heavy atom. The topological polar surface area (TPSA) is 46.2 Å². The second-order valence-electron chi connectivity index (χ2n) is 5.59. The lowest BCUT2D eigenvalue weighted by molar-refractivity contribution is 0.419. The molecule has 0 fully saturated rings. The summed E-state index contributed by atoms with van der Waals surface area (Å²) in [6.45, 7) is 1.97. The number of halogens is 1. The number of rotatable bonds is 4. The molecule has 25 heavy (non-hydrogen) atoms. The third kappa shape index (κ3) is 3.85. The molecule has 128 valence electrons. The van der Waals surface area contributed by atoms with Crippen molar-refractivity contribution in [3.05, 3.63) is 66.1 Å². The Balaban J connectivity index is 1.77. The highest BCUT2D eigenvalue weighted by atomic mass is 32.1. The van der Waals surface area contributed by atoms with Crippen LogP contribution >= 0.6 is 12.2 Å². The van der Waals surface area contributed by atoms with E-state index in [0.717, 1.165) is 22.2 Å². The Bertz CT molecular complexity index is 899. The van der Waals surface area contributed by atoms with Crippen LogP contribution in [0, 0.1) is 5.82 Å². The van der Waals surface area contributed by atoms with E-state index in [4.69, 9.17) is 17.0 Å². The molecule has 0 aliphatic heterocycles. The molecular weight excluding hydrogens is 337 g/mol. The molecule has 1 heterocycles. The van der Waals surface area contributed by atoms with Crippen molar-refractivity contribution in [3.8, 4) is 5.75 Å². The molecule has 2 aromatic carbocycles. The minimum Gasteiger partial charge on any atom is -0.494 e. The van der Waals surface area contributed by atoms with Crippen molar-refractivity contribution < 1.29 is 9.13 Å². The zero-order valence-corrected chi connectivity index (χ0v) is 14.7. The van der Waals surface area contributed by atoms with Gasteiger partial charge in [0.2, 0.25) is 0 Å². The van der Waals surface area contributed by atoms with Crippen molar-refractivity contribution in [3.63, 3.8) is 0 Å². The Morgan fingerprint density at radius 2 is 1.92 bits per heavy atom. The lowest BCUT2D eigenvalue weighted by atomic mass is 10.1. The average Bonchev–Trinajstić information content (AvgIpc) is 2.62. The molecule has 0 radical (unpaired) electrons. The first-order valence-corrected chi connectivity index (χ1v) is 8.24. The first-order valence-electron chi connectivity index (χ1n) is 7.83. The van der Waals surface area contributed by atoms with Crippen LogP contribution in [0.1, 0.15) is 18.5 Å². The van der Waals surface area contributed by atoms with Crippen LogP contribution in [0.25, 0.3) is 10.9 Å². The van der Waals surface area contributed by atoms with Crippen LogP contribution in [-0.2, 0) is 0 Å². The van der Waals surface area contributed by atoms with Crippen LogP contribution in [0.5, 0.6) is 5.75 Å². The number of hydrogen-bond donors (Lipinski definition) is 2. The summed E-state index contributed by atoms with van der Waals surface area (Å²) in [7, 11) is 1.62. The van der Waals surface area contributed by atoms with Gasteiger partial charge in [-0.3, -0.25) is 4.98 Å². The van der Waals surface area contributed by atoms with Crippen molar-refractivity contribution in [1.29, 1.82) is 0 Å². The molecule has 3 rings (SSSR count). The predicted octanol–water partition coefficient (Wildman–Crippen LogP) is 4.43. The zero-order chi connectivity index (χ0) is 17.8. The van der Waals surface area contributed by atoms with Crippen molar-refractivity contribution in [1.82, 2.24) is 10.3 Å². The molecular formula is C19H18FN3OS. The van der Waals surface area contributed by atoms with Crippen LogP contribution in [0.4, 0.5) is 10.1 Å². The van der Waals surface area contributed by atoms with E-state index in [1.807, 2.05) is 31.2 Å². The minimum absolute atomic E-state index is 0.0526. The summed E-state index contributed by atoms with van der Waals surface area (Å²) < 4.78 is 18.4. The van der Waals surface area contributed by atoms with Gasteiger partial charge in [-0.1, -0.05) is 12.1 Å². The SMILES string of the molecule is COc1ccc(NC(=S)NC(C)c2ccc(F)cc2)c2cccnc12. The van der Waals surface area contributed by atoms with Crippen LogP contribution in [0.15, 0.2) is 54.7 Å². The fourth-order valence-corrected chi connectivity index (χ4v) is 2.90. The maximum absolute atomic E-state index is 13.0. The Kier molecular flexibility index (Phi) is 5.09. The smallest absolute Gasteiger partial charge is 0.171 e. The van der Waals surface area contributed by atoms with E-state index in [9.17, 15) is 4.39 Å². The second-order valence-corrected chi connectivity index (χ2v) is 5.99. The fourth-order valence-electron chi connectivity index (χ4n) is 2.61. The number of benzene rings is 2. The molecule has 1 unspecified atom stereocenters. The summed E-state index contributed by atoms with van der Waals surface area (Å²) in [4.78, 5) is 4.37. The highest BCUT2D eigenvalue weighted by molar-refractivity contribution is 7.80. The van der Waals surface area contributed by atoms with Crippen molar-refractivity contribution in [2.45, 2.75) is 13.0 Å². The van der Waals surface area contributed by atoms with Crippen LogP contribution in [-0.4, -0.2) is 17.2 Å². The van der Waals surface area contributed by atoms with Crippen molar-refractivity contribution in [2.75, 3.05) is 12.4 Å². The molecule has 1 atom stereocenters. The van der Waals surface area contributed by atoms with Gasteiger partial charge in [0.25, 0.3) is 0 Å². The highest BCUT2D eigenvalue weighted by Crippen LogP contribution is 2.29. The van der Waals surface area contributed by atoms with E-state index in [1.165, 1.54) is 12.1 Å². The molecule has 6 heteroatoms. The first-order chi connectivity index (χ1) is 12.1. The van der Waals surface area contributed by atoms with Crippen molar-refractivity contribution >= 4 is 33.9 Å². The first kappa shape index (κ1) is 17.1. The second kappa shape index (κ2) is 7.44. The minimum atomic E-state index is -0.256. The van der Waals surface area contributed by atoms with Gasteiger partial charge in [0.1, 0.15) is 17.1 Å². The van der Waals surface area contributed by atoms with Crippen molar-refractivity contribution in [2.24, 2.45) is 0 Å². The van der Waals surface area contributed by atoms with E-state index in [1.54, 1.807) is 25.4 Å². The Labute approximate surface area is 151 Å². The molecule has 4 nitrogen and oxygen atoms in total.